The van der Waals surface area contributed by atoms with Crippen LogP contribution < -0.4 is 10.7 Å². The van der Waals surface area contributed by atoms with E-state index >= 15 is 4.39 Å². The number of anilines is 1. The Bertz CT molecular complexity index is 1510. The van der Waals surface area contributed by atoms with E-state index in [-0.39, 0.29) is 17.2 Å². The summed E-state index contributed by atoms with van der Waals surface area (Å²) >= 11 is 5.68. The first-order valence-corrected chi connectivity index (χ1v) is 12.9. The first kappa shape index (κ1) is 28.8. The van der Waals surface area contributed by atoms with Crippen LogP contribution in [-0.4, -0.2) is 47.7 Å². The van der Waals surface area contributed by atoms with Gasteiger partial charge in [-0.05, 0) is 68.9 Å². The second-order valence-corrected chi connectivity index (χ2v) is 10.7. The van der Waals surface area contributed by atoms with E-state index < -0.39 is 35.0 Å². The minimum Gasteiger partial charge on any atom is -0.443 e. The third-order valence-electron chi connectivity index (χ3n) is 6.18. The number of aromatic nitrogens is 3. The van der Waals surface area contributed by atoms with Crippen LogP contribution in [0.1, 0.15) is 33.3 Å². The van der Waals surface area contributed by atoms with Crippen LogP contribution in [0.4, 0.5) is 19.3 Å². The van der Waals surface area contributed by atoms with E-state index in [1.807, 2.05) is 42.5 Å². The van der Waals surface area contributed by atoms with Crippen molar-refractivity contribution in [3.63, 3.8) is 0 Å². The van der Waals surface area contributed by atoms with E-state index in [1.165, 1.54) is 29.3 Å². The van der Waals surface area contributed by atoms with Gasteiger partial charge in [0.05, 0.1) is 12.6 Å². The van der Waals surface area contributed by atoms with E-state index in [1.54, 1.807) is 20.8 Å². The van der Waals surface area contributed by atoms with E-state index in [2.05, 4.69) is 20.8 Å². The third-order valence-corrected chi connectivity index (χ3v) is 6.47. The lowest BCUT2D eigenvalue weighted by Gasteiger charge is -2.42. The summed E-state index contributed by atoms with van der Waals surface area (Å²) in [7, 11) is 0. The molecule has 0 spiro atoms. The van der Waals surface area contributed by atoms with Crippen LogP contribution in [0.15, 0.2) is 73.3 Å². The fourth-order valence-electron chi connectivity index (χ4n) is 4.23. The van der Waals surface area contributed by atoms with Crippen LogP contribution in [0.25, 0.3) is 10.8 Å². The molecule has 4 rings (SSSR count). The third kappa shape index (κ3) is 6.69. The van der Waals surface area contributed by atoms with Gasteiger partial charge in [-0.2, -0.15) is 5.10 Å². The quantitative estimate of drug-likeness (QED) is 0.217. The topological polar surface area (TPSA) is 105 Å². The SMILES string of the molecule is C[C@@H](N(NC(=O)OC(C)(C)C)C(=S)Nc1ccc2ccccc2c1)[C@](O)(Cn1cncn1)c1ccc(F)cc1F. The highest BCUT2D eigenvalue weighted by molar-refractivity contribution is 7.80. The van der Waals surface area contributed by atoms with Crippen LogP contribution >= 0.6 is 12.2 Å². The monoisotopic (exact) mass is 568 g/mol. The van der Waals surface area contributed by atoms with Crippen molar-refractivity contribution in [3.8, 4) is 0 Å². The summed E-state index contributed by atoms with van der Waals surface area (Å²) in [5, 5.41) is 22.3. The Labute approximate surface area is 235 Å². The van der Waals surface area contributed by atoms with Crippen molar-refractivity contribution in [2.24, 2.45) is 0 Å². The number of carbonyl (C=O) groups is 1. The summed E-state index contributed by atoms with van der Waals surface area (Å²) < 4.78 is 35.7. The minimum absolute atomic E-state index is 0.0202. The van der Waals surface area contributed by atoms with E-state index in [4.69, 9.17) is 17.0 Å². The number of carbonyl (C=O) groups excluding carboxylic acids is 1. The van der Waals surface area contributed by atoms with Crippen molar-refractivity contribution in [1.82, 2.24) is 25.2 Å². The van der Waals surface area contributed by atoms with Gasteiger partial charge in [0.25, 0.3) is 0 Å². The maximum absolute atomic E-state index is 15.2. The Kier molecular flexibility index (Phi) is 8.31. The van der Waals surface area contributed by atoms with Gasteiger partial charge in [0.15, 0.2) is 5.11 Å². The molecule has 1 aromatic heterocycles. The predicted molar refractivity (Wildman–Crippen MR) is 151 cm³/mol. The molecule has 0 saturated heterocycles. The van der Waals surface area contributed by atoms with Gasteiger partial charge in [0, 0.05) is 17.3 Å². The van der Waals surface area contributed by atoms with Crippen molar-refractivity contribution in [3.05, 3.63) is 90.5 Å². The van der Waals surface area contributed by atoms with Gasteiger partial charge in [-0.15, -0.1) is 0 Å². The van der Waals surface area contributed by atoms with E-state index in [9.17, 15) is 14.3 Å². The molecule has 12 heteroatoms. The summed E-state index contributed by atoms with van der Waals surface area (Å²) in [6.45, 7) is 6.32. The number of aliphatic hydroxyl groups is 1. The van der Waals surface area contributed by atoms with Gasteiger partial charge in [-0.25, -0.2) is 28.7 Å². The lowest BCUT2D eigenvalue weighted by atomic mass is 9.86. The summed E-state index contributed by atoms with van der Waals surface area (Å²) in [5.74, 6) is -1.80. The summed E-state index contributed by atoms with van der Waals surface area (Å²) in [6, 6.07) is 15.0. The van der Waals surface area contributed by atoms with Gasteiger partial charge >= 0.3 is 6.09 Å². The molecule has 0 fully saturated rings. The van der Waals surface area contributed by atoms with Crippen molar-refractivity contribution in [2.45, 2.75) is 51.5 Å². The number of thiocarbonyl (C=S) groups is 1. The molecule has 3 aromatic carbocycles. The standard InChI is InChI=1S/C28H30F2N6O3S/c1-18(28(38,15-35-17-31-16-32-35)23-12-10-21(29)14-24(23)30)36(34-26(37)39-27(2,3)4)25(40)33-22-11-9-19-7-5-6-8-20(19)13-22/h5-14,16-18,38H,15H2,1-4H3,(H,33,40)(H,34,37)/t18-,28-/m1/s1. The van der Waals surface area contributed by atoms with Gasteiger partial charge in [-0.3, -0.25) is 5.01 Å². The fraction of sp³-hybridized carbons (Fsp3) is 0.286. The van der Waals surface area contributed by atoms with Crippen LogP contribution in [-0.2, 0) is 16.9 Å². The van der Waals surface area contributed by atoms with Crippen molar-refractivity contribution < 1.29 is 23.4 Å². The molecule has 0 unspecified atom stereocenters. The van der Waals surface area contributed by atoms with Crippen LogP contribution in [0, 0.1) is 11.6 Å². The molecular weight excluding hydrogens is 538 g/mol. The highest BCUT2D eigenvalue weighted by Crippen LogP contribution is 2.33. The highest BCUT2D eigenvalue weighted by atomic mass is 32.1. The normalized spacial score (nSPS) is 13.8. The molecule has 1 heterocycles. The number of nitrogens with zero attached hydrogens (tertiary/aromatic N) is 4. The van der Waals surface area contributed by atoms with Crippen LogP contribution in [0.3, 0.4) is 0 Å². The number of hydrogen-bond acceptors (Lipinski definition) is 6. The summed E-state index contributed by atoms with van der Waals surface area (Å²) in [6.07, 6.45) is 1.75. The summed E-state index contributed by atoms with van der Waals surface area (Å²) in [5.41, 5.74) is 0.0167. The highest BCUT2D eigenvalue weighted by Gasteiger charge is 2.44. The molecule has 0 bridgehead atoms. The van der Waals surface area contributed by atoms with Gasteiger partial charge in [0.2, 0.25) is 0 Å². The Morgan fingerprint density at radius 2 is 1.85 bits per heavy atom. The van der Waals surface area contributed by atoms with E-state index in [0.717, 1.165) is 22.9 Å². The van der Waals surface area contributed by atoms with Crippen LogP contribution in [0.2, 0.25) is 0 Å². The Hall–Kier alpha value is -4.16. The fourth-order valence-corrected chi connectivity index (χ4v) is 4.55. The lowest BCUT2D eigenvalue weighted by Crippen LogP contribution is -2.61. The van der Waals surface area contributed by atoms with Crippen LogP contribution in [0.5, 0.6) is 0 Å². The van der Waals surface area contributed by atoms with Gasteiger partial charge in [0.1, 0.15) is 35.5 Å². The maximum Gasteiger partial charge on any atom is 0.426 e. The molecule has 4 aromatic rings. The molecule has 0 aliphatic carbocycles. The second kappa shape index (κ2) is 11.5. The largest absolute Gasteiger partial charge is 0.443 e. The smallest absolute Gasteiger partial charge is 0.426 e. The first-order valence-electron chi connectivity index (χ1n) is 12.4. The molecule has 1 amide bonds. The molecule has 9 nitrogen and oxygen atoms in total. The molecule has 3 N–H and O–H groups in total. The molecular formula is C28H30F2N6O3S. The summed E-state index contributed by atoms with van der Waals surface area (Å²) in [4.78, 5) is 16.8. The second-order valence-electron chi connectivity index (χ2n) is 10.3. The molecule has 0 aliphatic heterocycles. The average molecular weight is 569 g/mol. The number of benzene rings is 3. The number of halogens is 2. The molecule has 0 aliphatic rings. The van der Waals surface area contributed by atoms with Crippen molar-refractivity contribution in [2.75, 3.05) is 5.32 Å². The number of rotatable bonds is 6. The number of amides is 1. The molecule has 2 atom stereocenters. The van der Waals surface area contributed by atoms with Crippen molar-refractivity contribution in [1.29, 1.82) is 0 Å². The van der Waals surface area contributed by atoms with Crippen molar-refractivity contribution >= 4 is 39.9 Å². The molecule has 0 radical (unpaired) electrons. The number of fused-ring (bicyclic) bond motifs is 1. The zero-order chi connectivity index (χ0) is 29.1. The van der Waals surface area contributed by atoms with E-state index in [0.29, 0.717) is 11.8 Å². The maximum atomic E-state index is 15.2. The minimum atomic E-state index is -2.10. The Balaban J connectivity index is 1.74. The molecule has 40 heavy (non-hydrogen) atoms. The number of hydrazine groups is 1. The first-order chi connectivity index (χ1) is 18.9. The number of hydrogen-bond donors (Lipinski definition) is 3. The Morgan fingerprint density at radius 3 is 2.50 bits per heavy atom. The number of nitrogens with one attached hydrogen (secondary N) is 2. The lowest BCUT2D eigenvalue weighted by molar-refractivity contribution is -0.0574. The predicted octanol–water partition coefficient (Wildman–Crippen LogP) is 5.12. The molecule has 0 saturated carbocycles. The van der Waals surface area contributed by atoms with Gasteiger partial charge in [-0.1, -0.05) is 36.4 Å². The van der Waals surface area contributed by atoms with Gasteiger partial charge < -0.3 is 15.2 Å². The number of ether oxygens (including phenoxy) is 1. The average Bonchev–Trinajstić information content (AvgIpc) is 3.38. The Morgan fingerprint density at radius 1 is 1.12 bits per heavy atom. The zero-order valence-electron chi connectivity index (χ0n) is 22.4. The molecule has 210 valence electrons. The zero-order valence-corrected chi connectivity index (χ0v) is 23.2.